The van der Waals surface area contributed by atoms with Crippen LogP contribution in [0, 0.1) is 68.8 Å². The van der Waals surface area contributed by atoms with Gasteiger partial charge in [0.15, 0.2) is 0 Å². The molecule has 0 aromatic heterocycles. The average Bonchev–Trinajstić information content (AvgIpc) is 3.06. The third-order valence-corrected chi connectivity index (χ3v) is 12.4. The summed E-state index contributed by atoms with van der Waals surface area (Å²) in [7, 11) is 0. The van der Waals surface area contributed by atoms with E-state index in [0.29, 0.717) is 22.0 Å². The highest BCUT2D eigenvalue weighted by molar-refractivity contribution is 8.04. The van der Waals surface area contributed by atoms with E-state index in [4.69, 9.17) is 0 Å². The summed E-state index contributed by atoms with van der Waals surface area (Å²) in [5.74, 6) is 7.24. The van der Waals surface area contributed by atoms with Gasteiger partial charge in [0.05, 0.1) is 0 Å². The maximum Gasteiger partial charge on any atom is 0.133 e. The number of thiocyanates is 1. The van der Waals surface area contributed by atoms with Crippen molar-refractivity contribution in [3.8, 4) is 5.40 Å². The Balaban J connectivity index is 1.47. The van der Waals surface area contributed by atoms with E-state index in [1.54, 1.807) is 11.8 Å². The van der Waals surface area contributed by atoms with E-state index in [1.165, 1.54) is 70.6 Å². The van der Waals surface area contributed by atoms with Crippen molar-refractivity contribution < 1.29 is 0 Å². The summed E-state index contributed by atoms with van der Waals surface area (Å²) >= 11 is 1.58. The van der Waals surface area contributed by atoms with Crippen LogP contribution in [0.5, 0.6) is 0 Å². The highest BCUT2D eigenvalue weighted by Gasteiger charge is 2.61. The Labute approximate surface area is 197 Å². The van der Waals surface area contributed by atoms with Gasteiger partial charge < -0.3 is 0 Å². The van der Waals surface area contributed by atoms with Gasteiger partial charge in [0.1, 0.15) is 5.40 Å². The molecule has 10 atom stereocenters. The van der Waals surface area contributed by atoms with Gasteiger partial charge in [-0.1, -0.05) is 60.8 Å². The van der Waals surface area contributed by atoms with Crippen LogP contribution in [0.3, 0.4) is 0 Å². The summed E-state index contributed by atoms with van der Waals surface area (Å²) in [5.41, 5.74) is 1.15. The molecule has 4 aliphatic carbocycles. The second-order valence-corrected chi connectivity index (χ2v) is 14.4. The van der Waals surface area contributed by atoms with Crippen LogP contribution in [0.1, 0.15) is 112 Å². The van der Waals surface area contributed by atoms with E-state index in [1.807, 2.05) is 0 Å². The first-order chi connectivity index (χ1) is 14.7. The second kappa shape index (κ2) is 9.24. The molecule has 4 rings (SSSR count). The quantitative estimate of drug-likeness (QED) is 0.382. The molecule has 0 radical (unpaired) electrons. The van der Waals surface area contributed by atoms with Crippen molar-refractivity contribution in [1.29, 1.82) is 5.26 Å². The lowest BCUT2D eigenvalue weighted by Gasteiger charge is -2.62. The van der Waals surface area contributed by atoms with Crippen molar-refractivity contribution in [3.63, 3.8) is 0 Å². The third-order valence-electron chi connectivity index (χ3n) is 11.4. The van der Waals surface area contributed by atoms with Crippen molar-refractivity contribution in [1.82, 2.24) is 0 Å². The molecular formula is C29H49NS. The predicted octanol–water partition coefficient (Wildman–Crippen LogP) is 8.94. The highest BCUT2D eigenvalue weighted by atomic mass is 32.2. The predicted molar refractivity (Wildman–Crippen MR) is 135 cm³/mol. The minimum Gasteiger partial charge on any atom is -0.185 e. The largest absolute Gasteiger partial charge is 0.185 e. The molecule has 0 spiro atoms. The zero-order valence-corrected chi connectivity index (χ0v) is 22.1. The zero-order valence-electron chi connectivity index (χ0n) is 21.3. The topological polar surface area (TPSA) is 23.8 Å². The van der Waals surface area contributed by atoms with Crippen LogP contribution in [0.4, 0.5) is 0 Å². The molecule has 0 aromatic carbocycles. The smallest absolute Gasteiger partial charge is 0.133 e. The van der Waals surface area contributed by atoms with Gasteiger partial charge in [-0.25, -0.2) is 0 Å². The fraction of sp³-hybridized carbons (Fsp3) is 0.966. The van der Waals surface area contributed by atoms with Crippen molar-refractivity contribution in [2.24, 2.45) is 58.2 Å². The van der Waals surface area contributed by atoms with Gasteiger partial charge in [0, 0.05) is 5.25 Å². The van der Waals surface area contributed by atoms with Gasteiger partial charge in [0.2, 0.25) is 0 Å². The standard InChI is InChI=1S/C29H49NS/c1-19(2)8-7-9-20(3)24-12-13-25-23-11-10-22-16-27(31-18-30)21(4)17-29(22,6)26(23)14-15-28(24,25)5/h19-27H,7-17H2,1-6H3/t20-,21?,22?,23+,24-,25+,26+,27?,28-,29+/m1/s1. The number of rotatable bonds is 6. The van der Waals surface area contributed by atoms with Crippen molar-refractivity contribution in [2.45, 2.75) is 117 Å². The van der Waals surface area contributed by atoms with Crippen molar-refractivity contribution in [2.75, 3.05) is 0 Å². The van der Waals surface area contributed by atoms with E-state index in [2.05, 4.69) is 46.9 Å². The average molecular weight is 444 g/mol. The zero-order chi connectivity index (χ0) is 22.4. The van der Waals surface area contributed by atoms with E-state index < -0.39 is 0 Å². The molecule has 0 amide bonds. The Morgan fingerprint density at radius 3 is 2.42 bits per heavy atom. The van der Waals surface area contributed by atoms with E-state index in [-0.39, 0.29) is 0 Å². The first-order valence-corrected chi connectivity index (χ1v) is 14.6. The van der Waals surface area contributed by atoms with Gasteiger partial charge in [-0.05, 0) is 121 Å². The third kappa shape index (κ3) is 4.24. The van der Waals surface area contributed by atoms with Crippen LogP contribution in [-0.4, -0.2) is 5.25 Å². The Bertz CT molecular complexity index is 666. The van der Waals surface area contributed by atoms with E-state index >= 15 is 0 Å². The molecule has 4 fully saturated rings. The fourth-order valence-electron chi connectivity index (χ4n) is 9.83. The number of hydrogen-bond donors (Lipinski definition) is 0. The molecule has 4 saturated carbocycles. The fourth-order valence-corrected chi connectivity index (χ4v) is 10.6. The molecule has 0 N–H and O–H groups in total. The highest BCUT2D eigenvalue weighted by Crippen LogP contribution is 2.69. The van der Waals surface area contributed by atoms with Gasteiger partial charge in [-0.15, -0.1) is 0 Å². The summed E-state index contributed by atoms with van der Waals surface area (Å²) < 4.78 is 0. The van der Waals surface area contributed by atoms with Crippen LogP contribution < -0.4 is 0 Å². The molecule has 176 valence electrons. The van der Waals surface area contributed by atoms with Crippen molar-refractivity contribution >= 4 is 11.8 Å². The first kappa shape index (κ1) is 24.0. The van der Waals surface area contributed by atoms with Crippen molar-refractivity contribution in [3.05, 3.63) is 0 Å². The molecule has 0 saturated heterocycles. The number of hydrogen-bond acceptors (Lipinski definition) is 2. The lowest BCUT2D eigenvalue weighted by molar-refractivity contribution is -0.120. The monoisotopic (exact) mass is 443 g/mol. The van der Waals surface area contributed by atoms with Crippen LogP contribution in [0.25, 0.3) is 0 Å². The lowest BCUT2D eigenvalue weighted by atomic mass is 9.44. The maximum absolute atomic E-state index is 9.28. The van der Waals surface area contributed by atoms with Crippen LogP contribution in [0.2, 0.25) is 0 Å². The normalized spacial score (nSPS) is 47.9. The number of nitriles is 1. The summed E-state index contributed by atoms with van der Waals surface area (Å²) in [6, 6.07) is 0. The summed E-state index contributed by atoms with van der Waals surface area (Å²) in [6.45, 7) is 15.2. The SMILES string of the molecule is CC(C)CCC[C@@H](C)[C@H]1CC[C@H]2[C@@H]3CCC4CC(SC#N)C(C)C[C@]4(C)[C@H]3CC[C@]12C. The van der Waals surface area contributed by atoms with E-state index in [0.717, 1.165) is 41.4 Å². The molecule has 0 bridgehead atoms. The summed E-state index contributed by atoms with van der Waals surface area (Å²) in [5, 5.41) is 12.3. The molecule has 3 unspecified atom stereocenters. The van der Waals surface area contributed by atoms with Crippen LogP contribution >= 0.6 is 11.8 Å². The molecule has 1 nitrogen and oxygen atoms in total. The van der Waals surface area contributed by atoms with Gasteiger partial charge >= 0.3 is 0 Å². The Kier molecular flexibility index (Phi) is 7.14. The molecule has 4 aliphatic rings. The molecule has 0 heterocycles. The lowest BCUT2D eigenvalue weighted by Crippen LogP contribution is -2.55. The molecule has 2 heteroatoms. The van der Waals surface area contributed by atoms with E-state index in [9.17, 15) is 5.26 Å². The first-order valence-electron chi connectivity index (χ1n) is 13.8. The Hall–Kier alpha value is -0.160. The minimum atomic E-state index is 0.539. The molecule has 31 heavy (non-hydrogen) atoms. The molecular weight excluding hydrogens is 394 g/mol. The van der Waals surface area contributed by atoms with Gasteiger partial charge in [0.25, 0.3) is 0 Å². The number of thioether (sulfide) groups is 1. The number of nitrogens with zero attached hydrogens (tertiary/aromatic N) is 1. The molecule has 0 aliphatic heterocycles. The Morgan fingerprint density at radius 2 is 1.71 bits per heavy atom. The van der Waals surface area contributed by atoms with Gasteiger partial charge in [-0.2, -0.15) is 5.26 Å². The Morgan fingerprint density at radius 1 is 0.968 bits per heavy atom. The second-order valence-electron chi connectivity index (χ2n) is 13.4. The summed E-state index contributed by atoms with van der Waals surface area (Å²) in [6.07, 6.45) is 15.9. The van der Waals surface area contributed by atoms with Crippen LogP contribution in [-0.2, 0) is 0 Å². The maximum atomic E-state index is 9.28. The van der Waals surface area contributed by atoms with Gasteiger partial charge in [-0.3, -0.25) is 0 Å². The van der Waals surface area contributed by atoms with Crippen LogP contribution in [0.15, 0.2) is 0 Å². The number of fused-ring (bicyclic) bond motifs is 5. The molecule has 0 aromatic rings. The summed E-state index contributed by atoms with van der Waals surface area (Å²) in [4.78, 5) is 0. The minimum absolute atomic E-state index is 0.539.